The SMILES string of the molecule is CC(Nc1cccc2[nH]ncc12)c1ccc(Cl)cc1Cl. The molecule has 1 aromatic heterocycles. The molecule has 3 rings (SSSR count). The van der Waals surface area contributed by atoms with Crippen LogP contribution in [0.3, 0.4) is 0 Å². The second kappa shape index (κ2) is 5.35. The Morgan fingerprint density at radius 3 is 2.85 bits per heavy atom. The summed E-state index contributed by atoms with van der Waals surface area (Å²) in [7, 11) is 0. The Labute approximate surface area is 126 Å². The molecule has 2 N–H and O–H groups in total. The van der Waals surface area contributed by atoms with Crippen LogP contribution in [0.2, 0.25) is 10.0 Å². The minimum absolute atomic E-state index is 0.0697. The number of anilines is 1. The molecule has 20 heavy (non-hydrogen) atoms. The molecule has 2 aromatic carbocycles. The lowest BCUT2D eigenvalue weighted by molar-refractivity contribution is 0.887. The number of halogens is 2. The zero-order valence-corrected chi connectivity index (χ0v) is 12.3. The average molecular weight is 306 g/mol. The minimum Gasteiger partial charge on any atom is -0.378 e. The molecule has 3 aromatic rings. The molecule has 1 atom stereocenters. The van der Waals surface area contributed by atoms with Crippen LogP contribution in [0.25, 0.3) is 10.9 Å². The molecule has 1 unspecified atom stereocenters. The van der Waals surface area contributed by atoms with Gasteiger partial charge in [-0.25, -0.2) is 0 Å². The highest BCUT2D eigenvalue weighted by molar-refractivity contribution is 6.35. The van der Waals surface area contributed by atoms with Gasteiger partial charge >= 0.3 is 0 Å². The van der Waals surface area contributed by atoms with E-state index in [0.29, 0.717) is 10.0 Å². The molecule has 1 heterocycles. The van der Waals surface area contributed by atoms with Crippen LogP contribution in [0.1, 0.15) is 18.5 Å². The Morgan fingerprint density at radius 2 is 2.05 bits per heavy atom. The van der Waals surface area contributed by atoms with Crippen LogP contribution in [0, 0.1) is 0 Å². The van der Waals surface area contributed by atoms with Crippen molar-refractivity contribution in [2.45, 2.75) is 13.0 Å². The smallest absolute Gasteiger partial charge is 0.0671 e. The summed E-state index contributed by atoms with van der Waals surface area (Å²) in [6.07, 6.45) is 1.81. The summed E-state index contributed by atoms with van der Waals surface area (Å²) < 4.78 is 0. The van der Waals surface area contributed by atoms with E-state index < -0.39 is 0 Å². The molecule has 0 bridgehead atoms. The van der Waals surface area contributed by atoms with Gasteiger partial charge in [-0.1, -0.05) is 35.3 Å². The van der Waals surface area contributed by atoms with Gasteiger partial charge in [0.15, 0.2) is 0 Å². The van der Waals surface area contributed by atoms with Gasteiger partial charge in [0, 0.05) is 21.1 Å². The van der Waals surface area contributed by atoms with Gasteiger partial charge < -0.3 is 5.32 Å². The standard InChI is InChI=1S/C15H13Cl2N3/c1-9(11-6-5-10(16)7-13(11)17)19-14-3-2-4-15-12(14)8-18-20-15/h2-9,19H,1H3,(H,18,20). The fraction of sp³-hybridized carbons (Fsp3) is 0.133. The van der Waals surface area contributed by atoms with Crippen molar-refractivity contribution in [2.75, 3.05) is 5.32 Å². The molecule has 3 nitrogen and oxygen atoms in total. The molecule has 0 spiro atoms. The summed E-state index contributed by atoms with van der Waals surface area (Å²) >= 11 is 12.2. The van der Waals surface area contributed by atoms with Gasteiger partial charge in [0.25, 0.3) is 0 Å². The number of aromatic amines is 1. The molecule has 5 heteroatoms. The van der Waals surface area contributed by atoms with Crippen LogP contribution in [0.4, 0.5) is 5.69 Å². The lowest BCUT2D eigenvalue weighted by atomic mass is 10.1. The number of rotatable bonds is 3. The lowest BCUT2D eigenvalue weighted by Gasteiger charge is -2.17. The fourth-order valence-corrected chi connectivity index (χ4v) is 2.83. The van der Waals surface area contributed by atoms with Gasteiger partial charge in [-0.3, -0.25) is 5.10 Å². The third-order valence-electron chi connectivity index (χ3n) is 3.29. The maximum Gasteiger partial charge on any atom is 0.0671 e. The molecule has 0 amide bonds. The first-order chi connectivity index (χ1) is 9.65. The molecule has 0 aliphatic heterocycles. The summed E-state index contributed by atoms with van der Waals surface area (Å²) in [5, 5.41) is 12.8. The first-order valence-electron chi connectivity index (χ1n) is 6.29. The van der Waals surface area contributed by atoms with Crippen molar-refractivity contribution in [1.82, 2.24) is 10.2 Å². The van der Waals surface area contributed by atoms with Gasteiger partial charge in [0.2, 0.25) is 0 Å². The van der Waals surface area contributed by atoms with Gasteiger partial charge in [-0.15, -0.1) is 0 Å². The molecule has 0 radical (unpaired) electrons. The van der Waals surface area contributed by atoms with Crippen LogP contribution < -0.4 is 5.32 Å². The van der Waals surface area contributed by atoms with Crippen molar-refractivity contribution in [1.29, 1.82) is 0 Å². The number of nitrogens with one attached hydrogen (secondary N) is 2. The topological polar surface area (TPSA) is 40.7 Å². The zero-order chi connectivity index (χ0) is 14.1. The number of benzene rings is 2. The second-order valence-corrected chi connectivity index (χ2v) is 5.51. The number of hydrogen-bond acceptors (Lipinski definition) is 2. The Balaban J connectivity index is 1.92. The van der Waals surface area contributed by atoms with E-state index in [-0.39, 0.29) is 6.04 Å². The van der Waals surface area contributed by atoms with Crippen molar-refractivity contribution < 1.29 is 0 Å². The highest BCUT2D eigenvalue weighted by Gasteiger charge is 2.11. The van der Waals surface area contributed by atoms with E-state index in [9.17, 15) is 0 Å². The first-order valence-corrected chi connectivity index (χ1v) is 7.04. The van der Waals surface area contributed by atoms with Gasteiger partial charge in [0.05, 0.1) is 17.8 Å². The normalized spacial score (nSPS) is 12.6. The predicted octanol–water partition coefficient (Wildman–Crippen LogP) is 5.04. The molecule has 0 fully saturated rings. The van der Waals surface area contributed by atoms with E-state index in [1.807, 2.05) is 36.5 Å². The van der Waals surface area contributed by atoms with Crippen LogP contribution in [-0.4, -0.2) is 10.2 Å². The average Bonchev–Trinajstić information content (AvgIpc) is 2.87. The quantitative estimate of drug-likeness (QED) is 0.711. The molecule has 0 aliphatic carbocycles. The Morgan fingerprint density at radius 1 is 1.20 bits per heavy atom. The summed E-state index contributed by atoms with van der Waals surface area (Å²) in [6.45, 7) is 2.06. The van der Waals surface area contributed by atoms with Crippen LogP contribution >= 0.6 is 23.2 Å². The van der Waals surface area contributed by atoms with Crippen molar-refractivity contribution in [3.63, 3.8) is 0 Å². The van der Waals surface area contributed by atoms with Crippen LogP contribution in [0.5, 0.6) is 0 Å². The number of H-pyrrole nitrogens is 1. The van der Waals surface area contributed by atoms with Crippen molar-refractivity contribution in [2.24, 2.45) is 0 Å². The van der Waals surface area contributed by atoms with E-state index in [0.717, 1.165) is 22.2 Å². The van der Waals surface area contributed by atoms with Crippen LogP contribution in [0.15, 0.2) is 42.6 Å². The fourth-order valence-electron chi connectivity index (χ4n) is 2.26. The van der Waals surface area contributed by atoms with E-state index in [1.54, 1.807) is 6.07 Å². The Kier molecular flexibility index (Phi) is 3.55. The second-order valence-electron chi connectivity index (χ2n) is 4.67. The maximum atomic E-state index is 6.24. The van der Waals surface area contributed by atoms with E-state index in [1.165, 1.54) is 0 Å². The van der Waals surface area contributed by atoms with E-state index >= 15 is 0 Å². The Hall–Kier alpha value is -1.71. The van der Waals surface area contributed by atoms with E-state index in [4.69, 9.17) is 23.2 Å². The lowest BCUT2D eigenvalue weighted by Crippen LogP contribution is -2.07. The van der Waals surface area contributed by atoms with Gasteiger partial charge in [-0.2, -0.15) is 5.10 Å². The molecule has 0 saturated carbocycles. The number of nitrogens with zero attached hydrogens (tertiary/aromatic N) is 1. The number of aromatic nitrogens is 2. The Bertz CT molecular complexity index is 752. The van der Waals surface area contributed by atoms with Crippen molar-refractivity contribution in [3.05, 3.63) is 58.2 Å². The first kappa shape index (κ1) is 13.3. The summed E-state index contributed by atoms with van der Waals surface area (Å²) in [5.41, 5.74) is 3.04. The summed E-state index contributed by atoms with van der Waals surface area (Å²) in [6, 6.07) is 11.6. The summed E-state index contributed by atoms with van der Waals surface area (Å²) in [4.78, 5) is 0. The van der Waals surface area contributed by atoms with Gasteiger partial charge in [-0.05, 0) is 36.8 Å². The van der Waals surface area contributed by atoms with Crippen molar-refractivity contribution >= 4 is 39.8 Å². The third-order valence-corrected chi connectivity index (χ3v) is 3.85. The number of hydrogen-bond donors (Lipinski definition) is 2. The summed E-state index contributed by atoms with van der Waals surface area (Å²) in [5.74, 6) is 0. The maximum absolute atomic E-state index is 6.24. The zero-order valence-electron chi connectivity index (χ0n) is 10.8. The van der Waals surface area contributed by atoms with Gasteiger partial charge in [0.1, 0.15) is 0 Å². The molecular formula is C15H13Cl2N3. The highest BCUT2D eigenvalue weighted by Crippen LogP contribution is 2.30. The molecule has 0 saturated heterocycles. The monoisotopic (exact) mass is 305 g/mol. The van der Waals surface area contributed by atoms with E-state index in [2.05, 4.69) is 22.4 Å². The van der Waals surface area contributed by atoms with Crippen LogP contribution in [-0.2, 0) is 0 Å². The third kappa shape index (κ3) is 2.47. The van der Waals surface area contributed by atoms with Crippen molar-refractivity contribution in [3.8, 4) is 0 Å². The molecule has 102 valence electrons. The molecular weight excluding hydrogens is 293 g/mol. The predicted molar refractivity (Wildman–Crippen MR) is 84.6 cm³/mol. The minimum atomic E-state index is 0.0697. The highest BCUT2D eigenvalue weighted by atomic mass is 35.5. The molecule has 0 aliphatic rings. The number of fused-ring (bicyclic) bond motifs is 1. The largest absolute Gasteiger partial charge is 0.378 e.